The van der Waals surface area contributed by atoms with Crippen molar-refractivity contribution in [2.24, 2.45) is 0 Å². The van der Waals surface area contributed by atoms with Gasteiger partial charge in [0.05, 0.1) is 6.20 Å². The molecule has 0 fully saturated rings. The first kappa shape index (κ1) is 13.8. The van der Waals surface area contributed by atoms with Crippen LogP contribution in [0.5, 0.6) is 0 Å². The molecular weight excluding hydrogens is 246 g/mol. The standard InChI is InChI=1S/C13H19N3O3/c1-4-17-13(18-5-2)12-9-16(15-14-12)8-11-7-6-10(3)19-11/h6-7,9,13H,4-5,8H2,1-3H3. The van der Waals surface area contributed by atoms with Crippen LogP contribution in [0.25, 0.3) is 0 Å². The summed E-state index contributed by atoms with van der Waals surface area (Å²) in [5.74, 6) is 1.73. The summed E-state index contributed by atoms with van der Waals surface area (Å²) in [4.78, 5) is 0. The monoisotopic (exact) mass is 265 g/mol. The Balaban J connectivity index is 2.04. The van der Waals surface area contributed by atoms with Crippen molar-refractivity contribution < 1.29 is 13.9 Å². The lowest BCUT2D eigenvalue weighted by atomic mass is 10.4. The summed E-state index contributed by atoms with van der Waals surface area (Å²) < 4.78 is 18.2. The Kier molecular flexibility index (Phi) is 4.70. The zero-order valence-corrected chi connectivity index (χ0v) is 11.5. The lowest BCUT2D eigenvalue weighted by Gasteiger charge is -2.13. The summed E-state index contributed by atoms with van der Waals surface area (Å²) in [7, 11) is 0. The Morgan fingerprint density at radius 2 is 2.00 bits per heavy atom. The molecule has 104 valence electrons. The molecule has 0 aliphatic rings. The van der Waals surface area contributed by atoms with Crippen LogP contribution in [-0.2, 0) is 16.0 Å². The van der Waals surface area contributed by atoms with Crippen LogP contribution in [0, 0.1) is 6.92 Å². The van der Waals surface area contributed by atoms with Gasteiger partial charge in [0.1, 0.15) is 23.8 Å². The van der Waals surface area contributed by atoms with Crippen molar-refractivity contribution >= 4 is 0 Å². The molecule has 0 N–H and O–H groups in total. The highest BCUT2D eigenvalue weighted by Gasteiger charge is 2.16. The van der Waals surface area contributed by atoms with Gasteiger partial charge in [-0.15, -0.1) is 5.10 Å². The number of rotatable bonds is 7. The molecule has 2 heterocycles. The Morgan fingerprint density at radius 3 is 2.58 bits per heavy atom. The van der Waals surface area contributed by atoms with Gasteiger partial charge >= 0.3 is 0 Å². The van der Waals surface area contributed by atoms with E-state index in [0.717, 1.165) is 11.5 Å². The van der Waals surface area contributed by atoms with Crippen LogP contribution in [0.15, 0.2) is 22.7 Å². The second-order valence-corrected chi connectivity index (χ2v) is 4.10. The normalized spacial score (nSPS) is 11.4. The fraction of sp³-hybridized carbons (Fsp3) is 0.538. The number of ether oxygens (including phenoxy) is 2. The molecular formula is C13H19N3O3. The van der Waals surface area contributed by atoms with Gasteiger partial charge in [-0.2, -0.15) is 0 Å². The van der Waals surface area contributed by atoms with Gasteiger partial charge in [0.25, 0.3) is 0 Å². The minimum atomic E-state index is -0.456. The van der Waals surface area contributed by atoms with E-state index >= 15 is 0 Å². The van der Waals surface area contributed by atoms with E-state index in [1.807, 2.05) is 39.1 Å². The summed E-state index contributed by atoms with van der Waals surface area (Å²) in [6.45, 7) is 7.43. The quantitative estimate of drug-likeness (QED) is 0.719. The molecule has 0 amide bonds. The zero-order valence-electron chi connectivity index (χ0n) is 11.5. The predicted octanol–water partition coefficient (Wildman–Crippen LogP) is 2.30. The van der Waals surface area contributed by atoms with Gasteiger partial charge in [0.2, 0.25) is 6.29 Å². The van der Waals surface area contributed by atoms with E-state index in [0.29, 0.717) is 25.5 Å². The van der Waals surface area contributed by atoms with Gasteiger partial charge in [-0.05, 0) is 32.9 Å². The van der Waals surface area contributed by atoms with Gasteiger partial charge in [-0.3, -0.25) is 0 Å². The smallest absolute Gasteiger partial charge is 0.204 e. The largest absolute Gasteiger partial charge is 0.464 e. The van der Waals surface area contributed by atoms with Crippen molar-refractivity contribution in [3.63, 3.8) is 0 Å². The Hall–Kier alpha value is -1.66. The molecule has 0 radical (unpaired) electrons. The second kappa shape index (κ2) is 6.49. The maximum Gasteiger partial charge on any atom is 0.204 e. The van der Waals surface area contributed by atoms with Crippen molar-refractivity contribution in [2.75, 3.05) is 13.2 Å². The molecule has 0 aliphatic carbocycles. The Labute approximate surface area is 112 Å². The van der Waals surface area contributed by atoms with Crippen molar-refractivity contribution in [1.29, 1.82) is 0 Å². The van der Waals surface area contributed by atoms with E-state index in [9.17, 15) is 0 Å². The number of hydrogen-bond donors (Lipinski definition) is 0. The average Bonchev–Trinajstić information content (AvgIpc) is 2.99. The van der Waals surface area contributed by atoms with Crippen LogP contribution in [0.3, 0.4) is 0 Å². The minimum Gasteiger partial charge on any atom is -0.464 e. The van der Waals surface area contributed by atoms with Crippen molar-refractivity contribution in [2.45, 2.75) is 33.6 Å². The first-order valence-corrected chi connectivity index (χ1v) is 6.41. The number of aromatic nitrogens is 3. The molecule has 19 heavy (non-hydrogen) atoms. The van der Waals surface area contributed by atoms with Gasteiger partial charge < -0.3 is 13.9 Å². The molecule has 0 saturated carbocycles. The molecule has 2 aromatic heterocycles. The first-order valence-electron chi connectivity index (χ1n) is 6.41. The number of nitrogens with zero attached hydrogens (tertiary/aromatic N) is 3. The SMILES string of the molecule is CCOC(OCC)c1cn(Cc2ccc(C)o2)nn1. The van der Waals surface area contributed by atoms with E-state index in [1.165, 1.54) is 0 Å². The molecule has 0 unspecified atom stereocenters. The molecule has 6 nitrogen and oxygen atoms in total. The molecule has 0 aliphatic heterocycles. The Morgan fingerprint density at radius 1 is 1.26 bits per heavy atom. The van der Waals surface area contributed by atoms with E-state index in [-0.39, 0.29) is 0 Å². The van der Waals surface area contributed by atoms with Crippen LogP contribution in [0.2, 0.25) is 0 Å². The highest BCUT2D eigenvalue weighted by atomic mass is 16.7. The zero-order chi connectivity index (χ0) is 13.7. The molecule has 0 bridgehead atoms. The summed E-state index contributed by atoms with van der Waals surface area (Å²) in [6.07, 6.45) is 1.36. The number of furan rings is 1. The van der Waals surface area contributed by atoms with E-state index < -0.39 is 6.29 Å². The summed E-state index contributed by atoms with van der Waals surface area (Å²) in [5.41, 5.74) is 0.673. The van der Waals surface area contributed by atoms with Crippen molar-refractivity contribution in [1.82, 2.24) is 15.0 Å². The highest BCUT2D eigenvalue weighted by Crippen LogP contribution is 2.16. The lowest BCUT2D eigenvalue weighted by molar-refractivity contribution is -0.142. The van der Waals surface area contributed by atoms with Crippen LogP contribution >= 0.6 is 0 Å². The third-order valence-electron chi connectivity index (χ3n) is 2.55. The molecule has 0 saturated heterocycles. The van der Waals surface area contributed by atoms with Crippen LogP contribution in [-0.4, -0.2) is 28.2 Å². The predicted molar refractivity (Wildman–Crippen MR) is 68.6 cm³/mol. The summed E-state index contributed by atoms with van der Waals surface area (Å²) in [5, 5.41) is 8.13. The van der Waals surface area contributed by atoms with Crippen LogP contribution < -0.4 is 0 Å². The fourth-order valence-electron chi connectivity index (χ4n) is 1.75. The van der Waals surface area contributed by atoms with Crippen molar-refractivity contribution in [3.8, 4) is 0 Å². The fourth-order valence-corrected chi connectivity index (χ4v) is 1.75. The van der Waals surface area contributed by atoms with E-state index in [4.69, 9.17) is 13.9 Å². The Bertz CT molecular complexity index is 501. The molecule has 2 rings (SSSR count). The molecule has 2 aromatic rings. The maximum absolute atomic E-state index is 5.50. The van der Waals surface area contributed by atoms with Crippen LogP contribution in [0.1, 0.15) is 37.4 Å². The van der Waals surface area contributed by atoms with Gasteiger partial charge in [0, 0.05) is 13.2 Å². The summed E-state index contributed by atoms with van der Waals surface area (Å²) >= 11 is 0. The molecule has 0 atom stereocenters. The topological polar surface area (TPSA) is 62.3 Å². The first-order chi connectivity index (χ1) is 9.22. The molecule has 0 spiro atoms. The third-order valence-corrected chi connectivity index (χ3v) is 2.55. The molecule has 0 aromatic carbocycles. The highest BCUT2D eigenvalue weighted by molar-refractivity contribution is 5.06. The van der Waals surface area contributed by atoms with Crippen molar-refractivity contribution in [3.05, 3.63) is 35.5 Å². The lowest BCUT2D eigenvalue weighted by Crippen LogP contribution is -2.09. The van der Waals surface area contributed by atoms with Crippen LogP contribution in [0.4, 0.5) is 0 Å². The summed E-state index contributed by atoms with van der Waals surface area (Å²) in [6, 6.07) is 3.86. The third kappa shape index (κ3) is 3.65. The van der Waals surface area contributed by atoms with Gasteiger partial charge in [-0.25, -0.2) is 4.68 Å². The molecule has 6 heteroatoms. The number of aryl methyl sites for hydroxylation is 1. The van der Waals surface area contributed by atoms with Gasteiger partial charge in [0.15, 0.2) is 0 Å². The van der Waals surface area contributed by atoms with E-state index in [2.05, 4.69) is 10.3 Å². The van der Waals surface area contributed by atoms with Gasteiger partial charge in [-0.1, -0.05) is 5.21 Å². The minimum absolute atomic E-state index is 0.456. The second-order valence-electron chi connectivity index (χ2n) is 4.10. The van der Waals surface area contributed by atoms with E-state index in [1.54, 1.807) is 4.68 Å². The maximum atomic E-state index is 5.50. The average molecular weight is 265 g/mol. The number of hydrogen-bond acceptors (Lipinski definition) is 5.